The first-order chi connectivity index (χ1) is 7.88. The van der Waals surface area contributed by atoms with E-state index in [-0.39, 0.29) is 5.41 Å². The number of hydrogen-bond acceptors (Lipinski definition) is 2. The lowest BCUT2D eigenvalue weighted by molar-refractivity contribution is 0.189. The number of nitrogens with two attached hydrogens (primary N) is 1. The molecular weight excluding hydrogens is 210 g/mol. The molecule has 0 saturated carbocycles. The molecule has 0 aliphatic carbocycles. The second kappa shape index (κ2) is 5.85. The molecule has 0 bridgehead atoms. The summed E-state index contributed by atoms with van der Waals surface area (Å²) < 4.78 is 0. The van der Waals surface area contributed by atoms with Crippen LogP contribution in [0.1, 0.15) is 59.8 Å². The van der Waals surface area contributed by atoms with Crippen molar-refractivity contribution in [3.8, 4) is 0 Å². The van der Waals surface area contributed by atoms with Crippen LogP contribution in [0.15, 0.2) is 0 Å². The van der Waals surface area contributed by atoms with Gasteiger partial charge in [0.05, 0.1) is 5.84 Å². The molecule has 3 heteroatoms. The molecule has 3 N–H and O–H groups in total. The molecule has 1 heterocycles. The number of hydrogen-bond donors (Lipinski definition) is 2. The predicted molar refractivity (Wildman–Crippen MR) is 74.4 cm³/mol. The van der Waals surface area contributed by atoms with E-state index in [1.807, 2.05) is 0 Å². The van der Waals surface area contributed by atoms with Gasteiger partial charge in [-0.15, -0.1) is 0 Å². The fraction of sp³-hybridized carbons (Fsp3) is 0.929. The molecule has 0 spiro atoms. The van der Waals surface area contributed by atoms with E-state index < -0.39 is 0 Å². The van der Waals surface area contributed by atoms with Gasteiger partial charge in [-0.1, -0.05) is 20.8 Å². The molecule has 0 radical (unpaired) electrons. The first-order valence-electron chi connectivity index (χ1n) is 6.98. The number of likely N-dealkylation sites (tertiary alicyclic amines) is 1. The Morgan fingerprint density at radius 3 is 2.59 bits per heavy atom. The van der Waals surface area contributed by atoms with Crippen molar-refractivity contribution < 1.29 is 0 Å². The van der Waals surface area contributed by atoms with Gasteiger partial charge < -0.3 is 5.73 Å². The van der Waals surface area contributed by atoms with Crippen molar-refractivity contribution in [3.05, 3.63) is 0 Å². The second-order valence-corrected chi connectivity index (χ2v) is 6.13. The van der Waals surface area contributed by atoms with Crippen molar-refractivity contribution in [2.24, 2.45) is 11.1 Å². The van der Waals surface area contributed by atoms with Crippen LogP contribution in [0, 0.1) is 10.8 Å². The Bertz CT molecular complexity index is 260. The average molecular weight is 239 g/mol. The van der Waals surface area contributed by atoms with Crippen molar-refractivity contribution in [1.82, 2.24) is 4.90 Å². The summed E-state index contributed by atoms with van der Waals surface area (Å²) in [5, 5.41) is 7.56. The number of nitrogens with zero attached hydrogens (tertiary/aromatic N) is 1. The fourth-order valence-corrected chi connectivity index (χ4v) is 2.80. The van der Waals surface area contributed by atoms with Gasteiger partial charge in [0, 0.05) is 17.5 Å². The van der Waals surface area contributed by atoms with Gasteiger partial charge in [0.2, 0.25) is 0 Å². The summed E-state index contributed by atoms with van der Waals surface area (Å²) in [6, 6.07) is 1.52. The summed E-state index contributed by atoms with van der Waals surface area (Å²) in [6.45, 7) is 9.93. The minimum atomic E-state index is -0.134. The largest absolute Gasteiger partial charge is 0.387 e. The van der Waals surface area contributed by atoms with Gasteiger partial charge in [-0.25, -0.2) is 0 Å². The SMILES string of the molecule is CCC1CCC(C)N1CCCC(C)(C)C(=N)N. The van der Waals surface area contributed by atoms with Crippen molar-refractivity contribution in [1.29, 1.82) is 5.41 Å². The zero-order chi connectivity index (χ0) is 13.1. The van der Waals surface area contributed by atoms with Crippen LogP contribution in [0.3, 0.4) is 0 Å². The van der Waals surface area contributed by atoms with Gasteiger partial charge in [0.25, 0.3) is 0 Å². The van der Waals surface area contributed by atoms with Crippen LogP contribution in [0.5, 0.6) is 0 Å². The molecule has 1 aliphatic rings. The van der Waals surface area contributed by atoms with Gasteiger partial charge in [-0.2, -0.15) is 0 Å². The van der Waals surface area contributed by atoms with Gasteiger partial charge >= 0.3 is 0 Å². The maximum Gasteiger partial charge on any atom is 0.0963 e. The lowest BCUT2D eigenvalue weighted by Gasteiger charge is -2.30. The monoisotopic (exact) mass is 239 g/mol. The summed E-state index contributed by atoms with van der Waals surface area (Å²) in [7, 11) is 0. The highest BCUT2D eigenvalue weighted by Crippen LogP contribution is 2.28. The van der Waals surface area contributed by atoms with Crippen LogP contribution in [-0.4, -0.2) is 29.4 Å². The van der Waals surface area contributed by atoms with E-state index in [0.717, 1.165) is 31.5 Å². The molecular formula is C14H29N3. The highest BCUT2D eigenvalue weighted by atomic mass is 15.2. The third-order valence-corrected chi connectivity index (χ3v) is 4.37. The molecule has 1 aliphatic heterocycles. The number of rotatable bonds is 6. The summed E-state index contributed by atoms with van der Waals surface area (Å²) in [4.78, 5) is 2.65. The van der Waals surface area contributed by atoms with E-state index in [1.165, 1.54) is 19.3 Å². The minimum Gasteiger partial charge on any atom is -0.387 e. The smallest absolute Gasteiger partial charge is 0.0963 e. The Morgan fingerprint density at radius 1 is 1.41 bits per heavy atom. The molecule has 0 aromatic heterocycles. The van der Waals surface area contributed by atoms with E-state index in [4.69, 9.17) is 11.1 Å². The average Bonchev–Trinajstić information content (AvgIpc) is 2.59. The quantitative estimate of drug-likeness (QED) is 0.553. The zero-order valence-corrected chi connectivity index (χ0v) is 11.9. The highest BCUT2D eigenvalue weighted by Gasteiger charge is 2.29. The molecule has 17 heavy (non-hydrogen) atoms. The van der Waals surface area contributed by atoms with Crippen LogP contribution >= 0.6 is 0 Å². The van der Waals surface area contributed by atoms with E-state index in [2.05, 4.69) is 32.6 Å². The Kier molecular flexibility index (Phi) is 4.99. The lowest BCUT2D eigenvalue weighted by Crippen LogP contribution is -2.36. The summed E-state index contributed by atoms with van der Waals surface area (Å²) in [5.41, 5.74) is 5.48. The minimum absolute atomic E-state index is 0.134. The van der Waals surface area contributed by atoms with Crippen LogP contribution < -0.4 is 5.73 Å². The molecule has 0 amide bonds. The summed E-state index contributed by atoms with van der Waals surface area (Å²) in [5.74, 6) is 0.319. The van der Waals surface area contributed by atoms with Gasteiger partial charge in [0.15, 0.2) is 0 Å². The Hall–Kier alpha value is -0.570. The topological polar surface area (TPSA) is 53.1 Å². The van der Waals surface area contributed by atoms with Gasteiger partial charge in [0.1, 0.15) is 0 Å². The van der Waals surface area contributed by atoms with Crippen molar-refractivity contribution in [2.45, 2.75) is 71.9 Å². The Labute approximate surface area is 106 Å². The molecule has 100 valence electrons. The molecule has 0 aromatic rings. The molecule has 2 unspecified atom stereocenters. The van der Waals surface area contributed by atoms with Crippen LogP contribution in [0.2, 0.25) is 0 Å². The van der Waals surface area contributed by atoms with Gasteiger partial charge in [-0.3, -0.25) is 10.3 Å². The molecule has 2 atom stereocenters. The third kappa shape index (κ3) is 3.70. The summed E-state index contributed by atoms with van der Waals surface area (Å²) in [6.07, 6.45) is 6.12. The summed E-state index contributed by atoms with van der Waals surface area (Å²) >= 11 is 0. The van der Waals surface area contributed by atoms with Crippen LogP contribution in [0.4, 0.5) is 0 Å². The first kappa shape index (κ1) is 14.5. The van der Waals surface area contributed by atoms with Crippen molar-refractivity contribution in [2.75, 3.05) is 6.54 Å². The first-order valence-corrected chi connectivity index (χ1v) is 6.98. The highest BCUT2D eigenvalue weighted by molar-refractivity contribution is 5.82. The molecule has 0 aromatic carbocycles. The predicted octanol–water partition coefficient (Wildman–Crippen LogP) is 2.99. The van der Waals surface area contributed by atoms with Gasteiger partial charge in [-0.05, 0) is 45.6 Å². The van der Waals surface area contributed by atoms with Crippen LogP contribution in [0.25, 0.3) is 0 Å². The molecule has 3 nitrogen and oxygen atoms in total. The third-order valence-electron chi connectivity index (χ3n) is 4.37. The second-order valence-electron chi connectivity index (χ2n) is 6.13. The van der Waals surface area contributed by atoms with Crippen molar-refractivity contribution >= 4 is 5.84 Å². The normalized spacial score (nSPS) is 26.4. The van der Waals surface area contributed by atoms with E-state index >= 15 is 0 Å². The lowest BCUT2D eigenvalue weighted by atomic mass is 9.86. The Morgan fingerprint density at radius 2 is 2.06 bits per heavy atom. The van der Waals surface area contributed by atoms with E-state index in [9.17, 15) is 0 Å². The molecule has 1 fully saturated rings. The maximum absolute atomic E-state index is 7.56. The fourth-order valence-electron chi connectivity index (χ4n) is 2.80. The standard InChI is InChI=1S/C14H29N3/c1-5-12-8-7-11(2)17(12)10-6-9-14(3,4)13(15)16/h11-12H,5-10H2,1-4H3,(H3,15,16). The maximum atomic E-state index is 7.56. The number of amidine groups is 1. The molecule has 1 saturated heterocycles. The Balaban J connectivity index is 2.37. The zero-order valence-electron chi connectivity index (χ0n) is 11.9. The van der Waals surface area contributed by atoms with E-state index in [1.54, 1.807) is 0 Å². The molecule has 1 rings (SSSR count). The van der Waals surface area contributed by atoms with E-state index in [0.29, 0.717) is 5.84 Å². The number of nitrogens with one attached hydrogen (secondary N) is 1. The van der Waals surface area contributed by atoms with Crippen molar-refractivity contribution in [3.63, 3.8) is 0 Å². The van der Waals surface area contributed by atoms with Crippen LogP contribution in [-0.2, 0) is 0 Å².